The van der Waals surface area contributed by atoms with Gasteiger partial charge in [0.25, 0.3) is 0 Å². The molecule has 2 heterocycles. The summed E-state index contributed by atoms with van der Waals surface area (Å²) in [6, 6.07) is 41.9. The minimum absolute atomic E-state index is 0.121. The van der Waals surface area contributed by atoms with Crippen molar-refractivity contribution < 1.29 is 0 Å². The van der Waals surface area contributed by atoms with Gasteiger partial charge in [-0.05, 0) is 56.2 Å². The average molecular weight is 585 g/mol. The number of para-hydroxylation sites is 1. The highest BCUT2D eigenvalue weighted by Gasteiger charge is 2.15. The number of aryl methyl sites for hydroxylation is 2. The first-order valence-corrected chi connectivity index (χ1v) is 15.1. The molecule has 3 N–H and O–H groups in total. The smallest absolute Gasteiger partial charge is 0.122 e. The van der Waals surface area contributed by atoms with Crippen molar-refractivity contribution in [2.24, 2.45) is 5.73 Å². The van der Waals surface area contributed by atoms with Crippen molar-refractivity contribution in [3.63, 3.8) is 0 Å². The molecule has 220 valence electrons. The Hall–Kier alpha value is -5.74. The van der Waals surface area contributed by atoms with E-state index in [0.29, 0.717) is 0 Å². The Kier molecular flexibility index (Phi) is 8.13. The molecule has 0 saturated carbocycles. The van der Waals surface area contributed by atoms with Crippen LogP contribution in [0.1, 0.15) is 23.6 Å². The maximum atomic E-state index is 7.01. The summed E-state index contributed by atoms with van der Waals surface area (Å²) in [6.07, 6.45) is 4.03. The molecular weight excluding hydrogens is 548 g/mol. The third-order valence-electron chi connectivity index (χ3n) is 8.26. The number of nitrogens with one attached hydrogen (secondary N) is 1. The Morgan fingerprint density at radius 3 is 2.09 bits per heavy atom. The Morgan fingerprint density at radius 2 is 1.40 bits per heavy atom. The third-order valence-corrected chi connectivity index (χ3v) is 8.26. The summed E-state index contributed by atoms with van der Waals surface area (Å²) in [6.45, 7) is 10.4. The van der Waals surface area contributed by atoms with Crippen LogP contribution in [0.4, 0.5) is 0 Å². The van der Waals surface area contributed by atoms with Crippen LogP contribution in [0.15, 0.2) is 140 Å². The maximum absolute atomic E-state index is 7.01. The molecule has 0 saturated heterocycles. The van der Waals surface area contributed by atoms with Crippen LogP contribution in [-0.4, -0.2) is 15.4 Å². The molecule has 0 aliphatic carbocycles. The van der Waals surface area contributed by atoms with Crippen molar-refractivity contribution >= 4 is 44.2 Å². The van der Waals surface area contributed by atoms with Crippen molar-refractivity contribution in [1.82, 2.24) is 9.55 Å². The van der Waals surface area contributed by atoms with Gasteiger partial charge in [0.2, 0.25) is 0 Å². The second kappa shape index (κ2) is 12.5. The molecule has 5 aromatic carbocycles. The van der Waals surface area contributed by atoms with Crippen LogP contribution in [0.5, 0.6) is 0 Å². The lowest BCUT2D eigenvalue weighted by atomic mass is 9.97. The van der Waals surface area contributed by atoms with Gasteiger partial charge >= 0.3 is 0 Å². The van der Waals surface area contributed by atoms with Crippen LogP contribution in [0, 0.1) is 19.3 Å². The fourth-order valence-electron chi connectivity index (χ4n) is 5.85. The number of nitrogens with zero attached hydrogens (tertiary/aromatic N) is 2. The average Bonchev–Trinajstić information content (AvgIpc) is 3.40. The van der Waals surface area contributed by atoms with Gasteiger partial charge in [0.05, 0.1) is 22.2 Å². The van der Waals surface area contributed by atoms with Crippen molar-refractivity contribution in [2.75, 3.05) is 0 Å². The molecule has 7 rings (SSSR count). The quantitative estimate of drug-likeness (QED) is 0.120. The summed E-state index contributed by atoms with van der Waals surface area (Å²) < 4.78 is 2.30. The second-order valence-electron chi connectivity index (χ2n) is 11.2. The number of allylic oxidation sites excluding steroid dienone is 3. The Bertz CT molecular complexity index is 2220. The number of hydrogen-bond donors (Lipinski definition) is 2. The van der Waals surface area contributed by atoms with E-state index in [1.807, 2.05) is 36.4 Å². The lowest BCUT2D eigenvalue weighted by Gasteiger charge is -2.12. The van der Waals surface area contributed by atoms with E-state index in [2.05, 4.69) is 129 Å². The molecule has 0 fully saturated rings. The van der Waals surface area contributed by atoms with Crippen LogP contribution >= 0.6 is 0 Å². The second-order valence-corrected chi connectivity index (χ2v) is 11.2. The van der Waals surface area contributed by atoms with Crippen LogP contribution in [0.2, 0.25) is 0 Å². The van der Waals surface area contributed by atoms with Crippen LogP contribution in [0.3, 0.4) is 0 Å². The van der Waals surface area contributed by atoms with Crippen molar-refractivity contribution in [3.8, 4) is 22.4 Å². The Balaban J connectivity index is 0.000000343. The molecule has 0 spiro atoms. The Labute approximate surface area is 264 Å². The highest BCUT2D eigenvalue weighted by Crippen LogP contribution is 2.36. The first-order valence-electron chi connectivity index (χ1n) is 15.1. The summed E-state index contributed by atoms with van der Waals surface area (Å²) >= 11 is 0. The van der Waals surface area contributed by atoms with Crippen molar-refractivity contribution in [2.45, 2.75) is 20.8 Å². The summed E-state index contributed by atoms with van der Waals surface area (Å²) in [7, 11) is 0. The lowest BCUT2D eigenvalue weighted by molar-refractivity contribution is 1.23. The van der Waals surface area contributed by atoms with Gasteiger partial charge in [0, 0.05) is 38.5 Å². The monoisotopic (exact) mass is 584 g/mol. The third kappa shape index (κ3) is 5.66. The fraction of sp³-hybridized carbons (Fsp3) is 0.0732. The minimum Gasteiger partial charge on any atom is -0.384 e. The largest absolute Gasteiger partial charge is 0.384 e. The molecule has 0 amide bonds. The van der Waals surface area contributed by atoms with E-state index in [9.17, 15) is 0 Å². The molecule has 4 heteroatoms. The van der Waals surface area contributed by atoms with E-state index in [0.717, 1.165) is 39.1 Å². The number of aromatic nitrogens is 2. The van der Waals surface area contributed by atoms with E-state index < -0.39 is 0 Å². The number of pyridine rings is 1. The number of fused-ring (bicyclic) bond motifs is 4. The number of benzene rings is 5. The molecule has 0 bridgehead atoms. The van der Waals surface area contributed by atoms with Gasteiger partial charge in [-0.1, -0.05) is 121 Å². The number of amidine groups is 1. The minimum atomic E-state index is 0.121. The standard InChI is InChI=1S/C34H28N2.C7H8N2/c1-5-26(6-2)36-32-10-8-7-9-29(32)30-18-16-25(21-33(30)36)31-20-19-27-23(4)13-17-28(34(27)35-31)24-14-11-22(3)12-15-24;8-7(9)6-4-2-1-3-5-6/h5-21H,1H2,2-4H3;1-5H,(H3,8,9)/b26-6+;. The van der Waals surface area contributed by atoms with E-state index in [1.54, 1.807) is 0 Å². The summed E-state index contributed by atoms with van der Waals surface area (Å²) in [5, 5.41) is 10.7. The normalized spacial score (nSPS) is 11.4. The zero-order chi connectivity index (χ0) is 31.5. The number of hydrogen-bond acceptors (Lipinski definition) is 2. The lowest BCUT2D eigenvalue weighted by Crippen LogP contribution is -2.10. The number of nitrogen functional groups attached to an aromatic ring is 1. The van der Waals surface area contributed by atoms with Gasteiger partial charge in [-0.25, -0.2) is 4.98 Å². The number of rotatable bonds is 5. The predicted octanol–water partition coefficient (Wildman–Crippen LogP) is 10.3. The van der Waals surface area contributed by atoms with Crippen molar-refractivity contribution in [1.29, 1.82) is 5.41 Å². The first kappa shape index (κ1) is 29.3. The topological polar surface area (TPSA) is 67.7 Å². The molecule has 2 aromatic heterocycles. The highest BCUT2D eigenvalue weighted by molar-refractivity contribution is 6.11. The molecule has 45 heavy (non-hydrogen) atoms. The number of nitrogens with two attached hydrogens (primary N) is 1. The SMILES string of the molecule is C=C/C(=C\C)n1c2ccccc2c2ccc(-c3ccc4c(C)ccc(-c5ccc(C)cc5)c4n3)cc21.N=C(N)c1ccccc1. The van der Waals surface area contributed by atoms with E-state index in [1.165, 1.54) is 38.4 Å². The molecule has 0 unspecified atom stereocenters. The Morgan fingerprint density at radius 1 is 0.733 bits per heavy atom. The van der Waals surface area contributed by atoms with Crippen LogP contribution < -0.4 is 5.73 Å². The summed E-state index contributed by atoms with van der Waals surface area (Å²) in [5.74, 6) is 0.121. The molecule has 0 atom stereocenters. The van der Waals surface area contributed by atoms with Crippen molar-refractivity contribution in [3.05, 3.63) is 157 Å². The van der Waals surface area contributed by atoms with Crippen LogP contribution in [0.25, 0.3) is 60.8 Å². The fourth-order valence-corrected chi connectivity index (χ4v) is 5.85. The molecular formula is C41H36N4. The predicted molar refractivity (Wildman–Crippen MR) is 193 cm³/mol. The van der Waals surface area contributed by atoms with Gasteiger partial charge in [-0.15, -0.1) is 0 Å². The molecule has 4 nitrogen and oxygen atoms in total. The molecule has 0 radical (unpaired) electrons. The molecule has 7 aromatic rings. The summed E-state index contributed by atoms with van der Waals surface area (Å²) in [4.78, 5) is 5.24. The zero-order valence-corrected chi connectivity index (χ0v) is 25.9. The maximum Gasteiger partial charge on any atom is 0.122 e. The first-order chi connectivity index (χ1) is 21.9. The molecule has 0 aliphatic heterocycles. The van der Waals surface area contributed by atoms with Crippen LogP contribution in [-0.2, 0) is 0 Å². The zero-order valence-electron chi connectivity index (χ0n) is 25.9. The van der Waals surface area contributed by atoms with E-state index in [-0.39, 0.29) is 5.84 Å². The van der Waals surface area contributed by atoms with Gasteiger partial charge in [-0.3, -0.25) is 5.41 Å². The van der Waals surface area contributed by atoms with Gasteiger partial charge in [0.1, 0.15) is 5.84 Å². The molecule has 0 aliphatic rings. The van der Waals surface area contributed by atoms with E-state index >= 15 is 0 Å². The summed E-state index contributed by atoms with van der Waals surface area (Å²) in [5.41, 5.74) is 17.3. The van der Waals surface area contributed by atoms with Gasteiger partial charge in [0.15, 0.2) is 0 Å². The highest BCUT2D eigenvalue weighted by atomic mass is 15.0. The van der Waals surface area contributed by atoms with Gasteiger partial charge in [-0.2, -0.15) is 0 Å². The van der Waals surface area contributed by atoms with Gasteiger partial charge < -0.3 is 10.3 Å². The van der Waals surface area contributed by atoms with E-state index in [4.69, 9.17) is 16.1 Å².